The van der Waals surface area contributed by atoms with Crippen LogP contribution in [0.4, 0.5) is 23.2 Å². The number of imidazole rings is 1. The highest BCUT2D eigenvalue weighted by atomic mass is 19.4. The molecule has 2 aromatic heterocycles. The fourth-order valence-corrected chi connectivity index (χ4v) is 5.59. The maximum atomic E-state index is 15.1. The second-order valence-electron chi connectivity index (χ2n) is 11.7. The molecule has 2 aromatic carbocycles. The number of hydrogen-bond acceptors (Lipinski definition) is 4. The summed E-state index contributed by atoms with van der Waals surface area (Å²) in [6.45, 7) is 11.6. The van der Waals surface area contributed by atoms with Gasteiger partial charge in [0.05, 0.1) is 11.4 Å². The minimum atomic E-state index is -4.72. The number of nitrogens with one attached hydrogen (secondary N) is 1. The van der Waals surface area contributed by atoms with Gasteiger partial charge in [-0.25, -0.2) is 9.37 Å². The molecule has 0 aliphatic carbocycles. The number of halogens is 4. The van der Waals surface area contributed by atoms with Gasteiger partial charge in [-0.1, -0.05) is 56.7 Å². The highest BCUT2D eigenvalue weighted by Crippen LogP contribution is 2.33. The molecule has 0 bridgehead atoms. The molecule has 4 aromatic rings. The lowest BCUT2D eigenvalue weighted by Crippen LogP contribution is -2.33. The van der Waals surface area contributed by atoms with E-state index in [1.54, 1.807) is 35.6 Å². The van der Waals surface area contributed by atoms with E-state index in [9.17, 15) is 18.0 Å². The molecule has 0 radical (unpaired) electrons. The van der Waals surface area contributed by atoms with Gasteiger partial charge in [0.15, 0.2) is 0 Å². The first-order valence-corrected chi connectivity index (χ1v) is 15.6. The van der Waals surface area contributed by atoms with Crippen molar-refractivity contribution in [3.63, 3.8) is 0 Å². The molecule has 3 heterocycles. The summed E-state index contributed by atoms with van der Waals surface area (Å²) >= 11 is 0. The Bertz CT molecular complexity index is 1640. The lowest BCUT2D eigenvalue weighted by Gasteiger charge is -2.34. The second kappa shape index (κ2) is 15.3. The smallest absolute Gasteiger partial charge is 0.406 e. The average molecular weight is 639 g/mol. The Morgan fingerprint density at radius 2 is 1.78 bits per heavy atom. The number of alkyl halides is 3. The fourth-order valence-electron chi connectivity index (χ4n) is 5.59. The van der Waals surface area contributed by atoms with Crippen LogP contribution in [-0.2, 0) is 6.54 Å². The number of fused-ring (bicyclic) bond motifs is 1. The number of hydrogen-bond donors (Lipinski definition) is 1. The minimum absolute atomic E-state index is 0.171. The first-order valence-electron chi connectivity index (χ1n) is 15.6. The van der Waals surface area contributed by atoms with Gasteiger partial charge < -0.3 is 15.0 Å². The first kappa shape index (κ1) is 34.5. The van der Waals surface area contributed by atoms with Crippen molar-refractivity contribution >= 4 is 17.2 Å². The summed E-state index contributed by atoms with van der Waals surface area (Å²) in [6.07, 6.45) is 4.22. The maximum absolute atomic E-state index is 15.1. The summed E-state index contributed by atoms with van der Waals surface area (Å²) in [5.74, 6) is 0.0482. The van der Waals surface area contributed by atoms with E-state index in [1.807, 2.05) is 30.2 Å². The Morgan fingerprint density at radius 3 is 2.37 bits per heavy atom. The topological polar surface area (TPSA) is 58.9 Å². The van der Waals surface area contributed by atoms with Gasteiger partial charge in [-0.3, -0.25) is 9.20 Å². The van der Waals surface area contributed by atoms with Crippen LogP contribution in [0.5, 0.6) is 5.75 Å². The van der Waals surface area contributed by atoms with E-state index in [2.05, 4.69) is 48.0 Å². The number of aromatic nitrogens is 2. The normalized spacial score (nSPS) is 14.7. The average Bonchev–Trinajstić information content (AvgIpc) is 3.35. The van der Waals surface area contributed by atoms with Crippen LogP contribution in [0.1, 0.15) is 78.8 Å². The van der Waals surface area contributed by atoms with Crippen molar-refractivity contribution in [2.45, 2.75) is 72.7 Å². The number of rotatable bonds is 8. The Kier molecular flexibility index (Phi) is 11.5. The van der Waals surface area contributed by atoms with E-state index in [4.69, 9.17) is 0 Å². The fraction of sp³-hybridized carbons (Fsp3) is 0.389. The summed E-state index contributed by atoms with van der Waals surface area (Å²) in [4.78, 5) is 19.3. The SMILES string of the molecule is C/C=C/C(C)CC.Cc1ccc2nc(C)c(C(=O)NCc3ccc(N4CCC(c5ccc(OC(F)(F)F)cc5)CC4)c(F)c3)n2c1. The van der Waals surface area contributed by atoms with Crippen molar-refractivity contribution < 1.29 is 27.1 Å². The molecule has 246 valence electrons. The molecule has 1 aliphatic rings. The molecule has 1 fully saturated rings. The van der Waals surface area contributed by atoms with Gasteiger partial charge in [0.25, 0.3) is 5.91 Å². The number of ether oxygens (including phenoxy) is 1. The van der Waals surface area contributed by atoms with Gasteiger partial charge in [-0.15, -0.1) is 13.2 Å². The van der Waals surface area contributed by atoms with Crippen molar-refractivity contribution in [2.75, 3.05) is 18.0 Å². The van der Waals surface area contributed by atoms with Crippen molar-refractivity contribution in [1.29, 1.82) is 0 Å². The minimum Gasteiger partial charge on any atom is -0.406 e. The summed E-state index contributed by atoms with van der Waals surface area (Å²) in [5.41, 5.74) is 4.84. The number of carbonyl (C=O) groups excluding carboxylic acids is 1. The quantitative estimate of drug-likeness (QED) is 0.155. The largest absolute Gasteiger partial charge is 0.573 e. The number of pyridine rings is 1. The highest BCUT2D eigenvalue weighted by Gasteiger charge is 2.31. The van der Waals surface area contributed by atoms with Gasteiger partial charge in [-0.2, -0.15) is 0 Å². The molecule has 1 aliphatic heterocycles. The first-order chi connectivity index (χ1) is 21.9. The number of aryl methyl sites for hydroxylation is 2. The molecule has 1 N–H and O–H groups in total. The third kappa shape index (κ3) is 9.11. The Hall–Kier alpha value is -4.34. The van der Waals surface area contributed by atoms with E-state index in [0.717, 1.165) is 29.9 Å². The van der Waals surface area contributed by atoms with Crippen LogP contribution in [0.15, 0.2) is 72.9 Å². The maximum Gasteiger partial charge on any atom is 0.573 e. The monoisotopic (exact) mass is 638 g/mol. The zero-order chi connectivity index (χ0) is 33.4. The molecule has 5 rings (SSSR count). The van der Waals surface area contributed by atoms with Crippen molar-refractivity contribution in [3.05, 3.63) is 107 Å². The lowest BCUT2D eigenvalue weighted by molar-refractivity contribution is -0.274. The van der Waals surface area contributed by atoms with Crippen molar-refractivity contribution in [1.82, 2.24) is 14.7 Å². The summed E-state index contributed by atoms with van der Waals surface area (Å²) < 4.78 is 58.0. The number of amides is 1. The van der Waals surface area contributed by atoms with Crippen LogP contribution in [0.3, 0.4) is 0 Å². The number of benzene rings is 2. The van der Waals surface area contributed by atoms with Crippen LogP contribution < -0.4 is 15.0 Å². The van der Waals surface area contributed by atoms with Gasteiger partial charge in [0.1, 0.15) is 22.9 Å². The third-order valence-corrected chi connectivity index (χ3v) is 8.21. The Labute approximate surface area is 268 Å². The lowest BCUT2D eigenvalue weighted by atomic mass is 9.89. The molecule has 10 heteroatoms. The summed E-state index contributed by atoms with van der Waals surface area (Å²) in [7, 11) is 0. The molecule has 6 nitrogen and oxygen atoms in total. The number of piperidine rings is 1. The van der Waals surface area contributed by atoms with Gasteiger partial charge >= 0.3 is 6.36 Å². The van der Waals surface area contributed by atoms with Gasteiger partial charge in [0.2, 0.25) is 0 Å². The second-order valence-corrected chi connectivity index (χ2v) is 11.7. The number of carbonyl (C=O) groups is 1. The van der Waals surface area contributed by atoms with Crippen LogP contribution in [0.2, 0.25) is 0 Å². The zero-order valence-electron chi connectivity index (χ0n) is 27.0. The molecule has 0 spiro atoms. The van der Waals surface area contributed by atoms with Crippen LogP contribution >= 0.6 is 0 Å². The van der Waals surface area contributed by atoms with Crippen LogP contribution in [-0.4, -0.2) is 34.7 Å². The molecule has 1 unspecified atom stereocenters. The summed E-state index contributed by atoms with van der Waals surface area (Å²) in [6, 6.07) is 14.7. The number of nitrogens with zero attached hydrogens (tertiary/aromatic N) is 3. The molecular formula is C36H42F4N4O2. The predicted octanol–water partition coefficient (Wildman–Crippen LogP) is 8.91. The molecule has 0 saturated carbocycles. The third-order valence-electron chi connectivity index (χ3n) is 8.21. The zero-order valence-corrected chi connectivity index (χ0v) is 27.0. The van der Waals surface area contributed by atoms with E-state index < -0.39 is 6.36 Å². The Balaban J connectivity index is 0.000000617. The standard InChI is InChI=1S/C29H28F4N4O2.C7H14/c1-18-3-10-26-35-19(2)27(37(26)17-18)28(38)34-16-20-4-9-25(24(30)15-20)36-13-11-22(12-14-36)21-5-7-23(8-6-21)39-29(31,32)33;1-4-6-7(3)5-2/h3-10,15,17,22H,11-14,16H2,1-2H3,(H,34,38);4,6-7H,5H2,1-3H3/b;6-4+. The van der Waals surface area contributed by atoms with E-state index in [1.165, 1.54) is 24.6 Å². The summed E-state index contributed by atoms with van der Waals surface area (Å²) in [5, 5.41) is 2.87. The number of anilines is 1. The molecule has 1 atom stereocenters. The molecule has 1 amide bonds. The Morgan fingerprint density at radius 1 is 1.09 bits per heavy atom. The van der Waals surface area contributed by atoms with E-state index in [-0.39, 0.29) is 29.9 Å². The molecule has 46 heavy (non-hydrogen) atoms. The molecule has 1 saturated heterocycles. The van der Waals surface area contributed by atoms with Crippen molar-refractivity contribution in [2.24, 2.45) is 5.92 Å². The number of allylic oxidation sites excluding steroid dienone is 2. The molecular weight excluding hydrogens is 596 g/mol. The van der Waals surface area contributed by atoms with Crippen molar-refractivity contribution in [3.8, 4) is 5.75 Å². The predicted molar refractivity (Wildman–Crippen MR) is 174 cm³/mol. The van der Waals surface area contributed by atoms with Gasteiger partial charge in [-0.05, 0) is 92.5 Å². The highest BCUT2D eigenvalue weighted by molar-refractivity contribution is 5.94. The van der Waals surface area contributed by atoms with E-state index >= 15 is 4.39 Å². The van der Waals surface area contributed by atoms with Gasteiger partial charge in [0, 0.05) is 25.8 Å². The van der Waals surface area contributed by atoms with Crippen LogP contribution in [0.25, 0.3) is 5.65 Å². The van der Waals surface area contributed by atoms with Crippen LogP contribution in [0, 0.1) is 25.6 Å². The van der Waals surface area contributed by atoms with E-state index in [0.29, 0.717) is 41.4 Å².